The molecule has 1 aliphatic heterocycles. The van der Waals surface area contributed by atoms with Gasteiger partial charge in [-0.25, -0.2) is 0 Å². The van der Waals surface area contributed by atoms with E-state index in [0.29, 0.717) is 12.2 Å². The molecule has 1 heterocycles. The minimum Gasteiger partial charge on any atom is -0.304 e. The number of Topliss-reactive ketones (excluding diaryl/α,β-unsaturated/α-hetero) is 1. The Morgan fingerprint density at radius 1 is 1.29 bits per heavy atom. The average Bonchev–Trinajstić information content (AvgIpc) is 2.26. The summed E-state index contributed by atoms with van der Waals surface area (Å²) < 4.78 is 0. The van der Waals surface area contributed by atoms with Gasteiger partial charge in [0.1, 0.15) is 5.78 Å². The smallest absolute Gasteiger partial charge is 0.132 e. The SMILES string of the molecule is CCC(=O)CCC1CCN(CC)CC1. The Hall–Kier alpha value is -0.370. The zero-order chi connectivity index (χ0) is 10.4. The topological polar surface area (TPSA) is 20.3 Å². The Labute approximate surface area is 87.7 Å². The normalized spacial score (nSPS) is 19.9. The largest absolute Gasteiger partial charge is 0.304 e. The van der Waals surface area contributed by atoms with Crippen molar-refractivity contribution in [3.8, 4) is 0 Å². The number of nitrogens with zero attached hydrogens (tertiary/aromatic N) is 1. The van der Waals surface area contributed by atoms with Gasteiger partial charge in [-0.15, -0.1) is 0 Å². The maximum atomic E-state index is 11.2. The van der Waals surface area contributed by atoms with Crippen molar-refractivity contribution in [3.05, 3.63) is 0 Å². The lowest BCUT2D eigenvalue weighted by Gasteiger charge is -2.30. The number of likely N-dealkylation sites (tertiary alicyclic amines) is 1. The zero-order valence-corrected chi connectivity index (χ0v) is 9.59. The fraction of sp³-hybridized carbons (Fsp3) is 0.917. The summed E-state index contributed by atoms with van der Waals surface area (Å²) in [5.41, 5.74) is 0. The minimum absolute atomic E-state index is 0.433. The van der Waals surface area contributed by atoms with Gasteiger partial charge in [0, 0.05) is 12.8 Å². The highest BCUT2D eigenvalue weighted by atomic mass is 16.1. The fourth-order valence-corrected chi connectivity index (χ4v) is 2.13. The third-order valence-corrected chi connectivity index (χ3v) is 3.38. The maximum absolute atomic E-state index is 11.2. The molecule has 82 valence electrons. The molecule has 0 aliphatic carbocycles. The van der Waals surface area contributed by atoms with Gasteiger partial charge in [-0.2, -0.15) is 0 Å². The van der Waals surface area contributed by atoms with Crippen molar-refractivity contribution in [2.45, 2.75) is 46.0 Å². The molecule has 0 bridgehead atoms. The molecule has 1 rings (SSSR count). The van der Waals surface area contributed by atoms with E-state index >= 15 is 0 Å². The molecular weight excluding hydrogens is 174 g/mol. The van der Waals surface area contributed by atoms with E-state index in [4.69, 9.17) is 0 Å². The summed E-state index contributed by atoms with van der Waals surface area (Å²) in [6, 6.07) is 0. The standard InChI is InChI=1S/C12H23NO/c1-3-12(14)6-5-11-7-9-13(4-2)10-8-11/h11H,3-10H2,1-2H3. The summed E-state index contributed by atoms with van der Waals surface area (Å²) in [5.74, 6) is 1.25. The summed E-state index contributed by atoms with van der Waals surface area (Å²) in [5, 5.41) is 0. The third kappa shape index (κ3) is 3.79. The summed E-state index contributed by atoms with van der Waals surface area (Å²) >= 11 is 0. The van der Waals surface area contributed by atoms with E-state index in [0.717, 1.165) is 18.8 Å². The van der Waals surface area contributed by atoms with Crippen molar-refractivity contribution in [3.63, 3.8) is 0 Å². The first-order valence-corrected chi connectivity index (χ1v) is 6.00. The van der Waals surface area contributed by atoms with E-state index in [1.807, 2.05) is 6.92 Å². The third-order valence-electron chi connectivity index (χ3n) is 3.38. The number of carbonyl (C=O) groups excluding carboxylic acids is 1. The van der Waals surface area contributed by atoms with Crippen molar-refractivity contribution in [1.29, 1.82) is 0 Å². The number of hydrogen-bond donors (Lipinski definition) is 0. The molecule has 0 spiro atoms. The van der Waals surface area contributed by atoms with Gasteiger partial charge >= 0.3 is 0 Å². The lowest BCUT2D eigenvalue weighted by atomic mass is 9.91. The molecule has 0 saturated carbocycles. The number of carbonyl (C=O) groups is 1. The van der Waals surface area contributed by atoms with Crippen LogP contribution in [0, 0.1) is 5.92 Å². The second kappa shape index (κ2) is 6.18. The van der Waals surface area contributed by atoms with Crippen LogP contribution in [0.3, 0.4) is 0 Å². The molecule has 0 unspecified atom stereocenters. The Bertz CT molecular complexity index is 171. The van der Waals surface area contributed by atoms with Gasteiger partial charge in [-0.1, -0.05) is 13.8 Å². The maximum Gasteiger partial charge on any atom is 0.132 e. The predicted octanol–water partition coefficient (Wildman–Crippen LogP) is 2.48. The Morgan fingerprint density at radius 2 is 1.93 bits per heavy atom. The molecule has 1 aliphatic rings. The molecule has 0 aromatic carbocycles. The van der Waals surface area contributed by atoms with E-state index in [9.17, 15) is 4.79 Å². The highest BCUT2D eigenvalue weighted by Gasteiger charge is 2.18. The predicted molar refractivity (Wildman–Crippen MR) is 59.4 cm³/mol. The second-order valence-corrected chi connectivity index (χ2v) is 4.31. The molecule has 0 amide bonds. The molecular formula is C12H23NO. The highest BCUT2D eigenvalue weighted by molar-refractivity contribution is 5.77. The second-order valence-electron chi connectivity index (χ2n) is 4.31. The van der Waals surface area contributed by atoms with Crippen LogP contribution in [-0.4, -0.2) is 30.3 Å². The van der Waals surface area contributed by atoms with Crippen LogP contribution in [0.4, 0.5) is 0 Å². The van der Waals surface area contributed by atoms with Gasteiger partial charge in [0.25, 0.3) is 0 Å². The summed E-state index contributed by atoms with van der Waals surface area (Å²) in [6.07, 6.45) is 5.25. The van der Waals surface area contributed by atoms with Crippen LogP contribution in [0.15, 0.2) is 0 Å². The van der Waals surface area contributed by atoms with Crippen LogP contribution >= 0.6 is 0 Å². The Morgan fingerprint density at radius 3 is 2.43 bits per heavy atom. The molecule has 0 aromatic rings. The quantitative estimate of drug-likeness (QED) is 0.675. The van der Waals surface area contributed by atoms with E-state index in [1.54, 1.807) is 0 Å². The van der Waals surface area contributed by atoms with E-state index < -0.39 is 0 Å². The number of rotatable bonds is 5. The lowest BCUT2D eigenvalue weighted by Crippen LogP contribution is -2.33. The van der Waals surface area contributed by atoms with Gasteiger partial charge in [-0.05, 0) is 44.8 Å². The van der Waals surface area contributed by atoms with Gasteiger partial charge in [0.2, 0.25) is 0 Å². The molecule has 0 atom stereocenters. The molecule has 0 N–H and O–H groups in total. The first-order chi connectivity index (χ1) is 6.76. The van der Waals surface area contributed by atoms with Gasteiger partial charge in [0.15, 0.2) is 0 Å². The van der Waals surface area contributed by atoms with Crippen LogP contribution in [0.1, 0.15) is 46.0 Å². The molecule has 14 heavy (non-hydrogen) atoms. The van der Waals surface area contributed by atoms with Crippen molar-refractivity contribution < 1.29 is 4.79 Å². The first-order valence-electron chi connectivity index (χ1n) is 6.00. The van der Waals surface area contributed by atoms with E-state index in [2.05, 4.69) is 11.8 Å². The van der Waals surface area contributed by atoms with Crippen LogP contribution in [0.25, 0.3) is 0 Å². The Balaban J connectivity index is 2.13. The fourth-order valence-electron chi connectivity index (χ4n) is 2.13. The van der Waals surface area contributed by atoms with Crippen molar-refractivity contribution in [1.82, 2.24) is 4.90 Å². The van der Waals surface area contributed by atoms with E-state index in [-0.39, 0.29) is 0 Å². The summed E-state index contributed by atoms with van der Waals surface area (Å²) in [7, 11) is 0. The van der Waals surface area contributed by atoms with Crippen LogP contribution in [-0.2, 0) is 4.79 Å². The Kier molecular flexibility index (Phi) is 5.16. The average molecular weight is 197 g/mol. The molecule has 0 radical (unpaired) electrons. The van der Waals surface area contributed by atoms with Crippen LogP contribution in [0.5, 0.6) is 0 Å². The summed E-state index contributed by atoms with van der Waals surface area (Å²) in [6.45, 7) is 7.84. The van der Waals surface area contributed by atoms with Gasteiger partial charge in [-0.3, -0.25) is 4.79 Å². The number of hydrogen-bond acceptors (Lipinski definition) is 2. The first kappa shape index (κ1) is 11.7. The van der Waals surface area contributed by atoms with Gasteiger partial charge < -0.3 is 4.90 Å². The minimum atomic E-state index is 0.433. The zero-order valence-electron chi connectivity index (χ0n) is 9.59. The summed E-state index contributed by atoms with van der Waals surface area (Å²) in [4.78, 5) is 13.7. The number of ketones is 1. The monoisotopic (exact) mass is 197 g/mol. The van der Waals surface area contributed by atoms with Crippen molar-refractivity contribution in [2.24, 2.45) is 5.92 Å². The molecule has 0 aromatic heterocycles. The van der Waals surface area contributed by atoms with Crippen molar-refractivity contribution in [2.75, 3.05) is 19.6 Å². The molecule has 2 heteroatoms. The molecule has 1 fully saturated rings. The molecule has 2 nitrogen and oxygen atoms in total. The molecule has 1 saturated heterocycles. The van der Waals surface area contributed by atoms with Crippen molar-refractivity contribution >= 4 is 5.78 Å². The van der Waals surface area contributed by atoms with Crippen LogP contribution in [0.2, 0.25) is 0 Å². The lowest BCUT2D eigenvalue weighted by molar-refractivity contribution is -0.119. The van der Waals surface area contributed by atoms with E-state index in [1.165, 1.54) is 32.5 Å². The van der Waals surface area contributed by atoms with Gasteiger partial charge in [0.05, 0.1) is 0 Å². The van der Waals surface area contributed by atoms with Crippen LogP contribution < -0.4 is 0 Å². The highest BCUT2D eigenvalue weighted by Crippen LogP contribution is 2.21. The number of piperidine rings is 1.